The molecule has 8 nitrogen and oxygen atoms in total. The molecule has 0 unspecified atom stereocenters. The number of carbonyl (C=O) groups is 3. The van der Waals surface area contributed by atoms with E-state index in [-0.39, 0.29) is 30.4 Å². The summed E-state index contributed by atoms with van der Waals surface area (Å²) in [5.74, 6) is -0.946. The summed E-state index contributed by atoms with van der Waals surface area (Å²) in [4.78, 5) is 37.4. The van der Waals surface area contributed by atoms with Gasteiger partial charge in [-0.2, -0.15) is 0 Å². The van der Waals surface area contributed by atoms with Crippen molar-refractivity contribution in [2.24, 2.45) is 0 Å². The fraction of sp³-hybridized carbons (Fsp3) is 0.263. The molecule has 148 valence electrons. The van der Waals surface area contributed by atoms with Gasteiger partial charge in [0, 0.05) is 6.54 Å². The van der Waals surface area contributed by atoms with Crippen molar-refractivity contribution >= 4 is 41.2 Å². The number of benzene rings is 1. The SMILES string of the molecule is C=CCN1C(=O)/C(=C/c2ccc(OCC(=O)OCC)c(OC)c2)C(=O)NC1=S. The fourth-order valence-corrected chi connectivity index (χ4v) is 2.64. The molecule has 1 saturated heterocycles. The van der Waals surface area contributed by atoms with E-state index in [0.29, 0.717) is 17.1 Å². The lowest BCUT2D eigenvalue weighted by Gasteiger charge is -2.27. The van der Waals surface area contributed by atoms with Crippen LogP contribution in [0.2, 0.25) is 0 Å². The Bertz CT molecular complexity index is 849. The Kier molecular flexibility index (Phi) is 7.28. The lowest BCUT2D eigenvalue weighted by molar-refractivity contribution is -0.145. The van der Waals surface area contributed by atoms with Crippen molar-refractivity contribution < 1.29 is 28.6 Å². The molecule has 0 bridgehead atoms. The van der Waals surface area contributed by atoms with Gasteiger partial charge in [0.2, 0.25) is 0 Å². The highest BCUT2D eigenvalue weighted by atomic mass is 32.1. The van der Waals surface area contributed by atoms with E-state index >= 15 is 0 Å². The number of ether oxygens (including phenoxy) is 3. The summed E-state index contributed by atoms with van der Waals surface area (Å²) in [7, 11) is 1.44. The zero-order valence-corrected chi connectivity index (χ0v) is 16.3. The van der Waals surface area contributed by atoms with Gasteiger partial charge in [-0.1, -0.05) is 12.1 Å². The van der Waals surface area contributed by atoms with Crippen molar-refractivity contribution in [3.8, 4) is 11.5 Å². The zero-order chi connectivity index (χ0) is 20.7. The predicted molar refractivity (Wildman–Crippen MR) is 106 cm³/mol. The van der Waals surface area contributed by atoms with Crippen LogP contribution in [0.5, 0.6) is 11.5 Å². The third-order valence-electron chi connectivity index (χ3n) is 3.65. The second kappa shape index (κ2) is 9.65. The van der Waals surface area contributed by atoms with Crippen LogP contribution in [0.4, 0.5) is 0 Å². The maximum Gasteiger partial charge on any atom is 0.344 e. The van der Waals surface area contributed by atoms with Gasteiger partial charge in [-0.15, -0.1) is 6.58 Å². The normalized spacial score (nSPS) is 15.3. The van der Waals surface area contributed by atoms with Crippen LogP contribution in [0.3, 0.4) is 0 Å². The molecule has 0 saturated carbocycles. The number of hydrogen-bond donors (Lipinski definition) is 1. The standard InChI is InChI=1S/C19H20N2O6S/c1-4-8-21-18(24)13(17(23)20-19(21)28)9-12-6-7-14(15(10-12)25-3)27-11-16(22)26-5-2/h4,6-7,9-10H,1,5,8,11H2,2-3H3,(H,20,23,28)/b13-9+. The minimum Gasteiger partial charge on any atom is -0.493 e. The van der Waals surface area contributed by atoms with E-state index in [1.165, 1.54) is 24.2 Å². The van der Waals surface area contributed by atoms with E-state index in [1.807, 2.05) is 0 Å². The Morgan fingerprint density at radius 3 is 2.71 bits per heavy atom. The van der Waals surface area contributed by atoms with Gasteiger partial charge in [-0.3, -0.25) is 19.8 Å². The first kappa shape index (κ1) is 21.1. The molecular weight excluding hydrogens is 384 g/mol. The number of nitrogens with one attached hydrogen (secondary N) is 1. The first-order valence-electron chi connectivity index (χ1n) is 8.37. The highest BCUT2D eigenvalue weighted by Gasteiger charge is 2.32. The number of hydrogen-bond acceptors (Lipinski definition) is 7. The van der Waals surface area contributed by atoms with Crippen LogP contribution in [-0.2, 0) is 19.1 Å². The van der Waals surface area contributed by atoms with Crippen LogP contribution in [0, 0.1) is 0 Å². The molecule has 1 aliphatic heterocycles. The summed E-state index contributed by atoms with van der Waals surface area (Å²) < 4.78 is 15.5. The number of carbonyl (C=O) groups excluding carboxylic acids is 3. The second-order valence-corrected chi connectivity index (χ2v) is 5.91. The van der Waals surface area contributed by atoms with E-state index in [1.54, 1.807) is 25.1 Å². The first-order chi connectivity index (χ1) is 13.4. The Labute approximate surface area is 167 Å². The number of thiocarbonyl (C=S) groups is 1. The third-order valence-corrected chi connectivity index (χ3v) is 3.97. The number of rotatable bonds is 8. The fourth-order valence-electron chi connectivity index (χ4n) is 2.39. The van der Waals surface area contributed by atoms with Gasteiger partial charge in [0.15, 0.2) is 23.2 Å². The second-order valence-electron chi connectivity index (χ2n) is 5.53. The molecule has 1 heterocycles. The molecule has 28 heavy (non-hydrogen) atoms. The Morgan fingerprint density at radius 2 is 2.07 bits per heavy atom. The smallest absolute Gasteiger partial charge is 0.344 e. The molecule has 9 heteroatoms. The molecule has 0 aromatic heterocycles. The van der Waals surface area contributed by atoms with Crippen molar-refractivity contribution in [2.75, 3.05) is 26.9 Å². The van der Waals surface area contributed by atoms with Gasteiger partial charge in [-0.05, 0) is 42.9 Å². The Balaban J connectivity index is 2.26. The lowest BCUT2D eigenvalue weighted by Crippen LogP contribution is -2.53. The number of amides is 2. The molecule has 0 atom stereocenters. The van der Waals surface area contributed by atoms with Gasteiger partial charge in [0.1, 0.15) is 5.57 Å². The molecule has 0 radical (unpaired) electrons. The molecule has 1 aliphatic rings. The van der Waals surface area contributed by atoms with Crippen LogP contribution in [0.25, 0.3) is 6.08 Å². The van der Waals surface area contributed by atoms with E-state index in [2.05, 4.69) is 11.9 Å². The summed E-state index contributed by atoms with van der Waals surface area (Å²) in [6.45, 7) is 5.45. The summed E-state index contributed by atoms with van der Waals surface area (Å²) in [6, 6.07) is 4.78. The van der Waals surface area contributed by atoms with Crippen LogP contribution >= 0.6 is 12.2 Å². The summed E-state index contributed by atoms with van der Waals surface area (Å²) >= 11 is 5.01. The maximum atomic E-state index is 12.6. The van der Waals surface area contributed by atoms with Crippen LogP contribution in [0.1, 0.15) is 12.5 Å². The molecule has 1 fully saturated rings. The van der Waals surface area contributed by atoms with Crippen LogP contribution in [0.15, 0.2) is 36.4 Å². The summed E-state index contributed by atoms with van der Waals surface area (Å²) in [5.41, 5.74) is 0.461. The van der Waals surface area contributed by atoms with Gasteiger partial charge < -0.3 is 14.2 Å². The van der Waals surface area contributed by atoms with Gasteiger partial charge >= 0.3 is 5.97 Å². The Morgan fingerprint density at radius 1 is 1.32 bits per heavy atom. The van der Waals surface area contributed by atoms with E-state index in [9.17, 15) is 14.4 Å². The highest BCUT2D eigenvalue weighted by molar-refractivity contribution is 7.80. The van der Waals surface area contributed by atoms with E-state index < -0.39 is 17.8 Å². The first-order valence-corrected chi connectivity index (χ1v) is 8.78. The number of nitrogens with zero attached hydrogens (tertiary/aromatic N) is 1. The maximum absolute atomic E-state index is 12.6. The van der Waals surface area contributed by atoms with Crippen LogP contribution in [-0.4, -0.2) is 54.7 Å². The zero-order valence-electron chi connectivity index (χ0n) is 15.5. The minimum absolute atomic E-state index is 0.0346. The molecule has 1 aromatic carbocycles. The van der Waals surface area contributed by atoms with E-state index in [0.717, 1.165) is 0 Å². The number of esters is 1. The molecule has 2 amide bonds. The van der Waals surface area contributed by atoms with Crippen LogP contribution < -0.4 is 14.8 Å². The van der Waals surface area contributed by atoms with Crippen molar-refractivity contribution in [2.45, 2.75) is 6.92 Å². The average molecular weight is 404 g/mol. The van der Waals surface area contributed by atoms with Crippen molar-refractivity contribution in [3.05, 3.63) is 42.0 Å². The molecular formula is C19H20N2O6S. The quantitative estimate of drug-likeness (QED) is 0.230. The predicted octanol–water partition coefficient (Wildman–Crippen LogP) is 1.45. The van der Waals surface area contributed by atoms with Crippen molar-refractivity contribution in [3.63, 3.8) is 0 Å². The largest absolute Gasteiger partial charge is 0.493 e. The minimum atomic E-state index is -0.586. The van der Waals surface area contributed by atoms with Gasteiger partial charge in [0.05, 0.1) is 13.7 Å². The van der Waals surface area contributed by atoms with Crippen molar-refractivity contribution in [1.82, 2.24) is 10.2 Å². The van der Waals surface area contributed by atoms with Gasteiger partial charge in [0.25, 0.3) is 11.8 Å². The third kappa shape index (κ3) is 4.95. The highest BCUT2D eigenvalue weighted by Crippen LogP contribution is 2.29. The summed E-state index contributed by atoms with van der Waals surface area (Å²) in [5, 5.41) is 2.51. The van der Waals surface area contributed by atoms with E-state index in [4.69, 9.17) is 26.4 Å². The molecule has 0 aliphatic carbocycles. The Hall–Kier alpha value is -3.20. The van der Waals surface area contributed by atoms with Gasteiger partial charge in [-0.25, -0.2) is 4.79 Å². The molecule has 1 N–H and O–H groups in total. The molecule has 1 aromatic rings. The molecule has 0 spiro atoms. The monoisotopic (exact) mass is 404 g/mol. The van der Waals surface area contributed by atoms with Crippen molar-refractivity contribution in [1.29, 1.82) is 0 Å². The number of methoxy groups -OCH3 is 1. The topological polar surface area (TPSA) is 94.2 Å². The lowest BCUT2D eigenvalue weighted by atomic mass is 10.1. The summed E-state index contributed by atoms with van der Waals surface area (Å²) in [6.07, 6.45) is 2.94. The average Bonchev–Trinajstić information content (AvgIpc) is 2.67. The molecule has 2 rings (SSSR count).